The fourth-order valence-corrected chi connectivity index (χ4v) is 4.23. The number of aliphatic hydroxyl groups is 1. The molecule has 1 aliphatic rings. The molecule has 37 heavy (non-hydrogen) atoms. The van der Waals surface area contributed by atoms with Crippen LogP contribution >= 0.6 is 0 Å². The van der Waals surface area contributed by atoms with Crippen LogP contribution in [0.15, 0.2) is 66.9 Å². The quantitative estimate of drug-likeness (QED) is 0.521. The second-order valence-electron chi connectivity index (χ2n) is 9.36. The van der Waals surface area contributed by atoms with Crippen molar-refractivity contribution in [2.75, 3.05) is 32.1 Å². The summed E-state index contributed by atoms with van der Waals surface area (Å²) < 4.78 is 20.3. The van der Waals surface area contributed by atoms with Crippen molar-refractivity contribution in [3.8, 4) is 17.0 Å². The Hall–Kier alpha value is -3.98. The normalized spacial score (nSPS) is 18.2. The maximum atomic E-state index is 14.0. The molecule has 0 aliphatic carbocycles. The summed E-state index contributed by atoms with van der Waals surface area (Å²) >= 11 is 0. The minimum Gasteiger partial charge on any atom is -0.472 e. The number of rotatable bonds is 6. The average Bonchev–Trinajstić information content (AvgIpc) is 2.91. The maximum Gasteiger partial charge on any atom is 0.321 e. The van der Waals surface area contributed by atoms with E-state index in [-0.39, 0.29) is 42.1 Å². The van der Waals surface area contributed by atoms with Gasteiger partial charge in [-0.25, -0.2) is 14.2 Å². The Bertz CT molecular complexity index is 1260. The van der Waals surface area contributed by atoms with Gasteiger partial charge in [0.2, 0.25) is 5.88 Å². The van der Waals surface area contributed by atoms with E-state index in [1.54, 1.807) is 43.3 Å². The summed E-state index contributed by atoms with van der Waals surface area (Å²) in [5.74, 6) is -0.846. The molecule has 0 saturated carbocycles. The standard InChI is InChI=1S/C28H31FN4O4/c1-18-15-33(19(2)17-34)27(35)22-13-21(20-9-5-4-6-10-20)14-30-26(22)37-25(18)16-32(3)28(36)31-24-12-8-7-11-23(24)29/h4-14,18-19,25,34H,15-17H2,1-3H3,(H,31,36)/t18-,19-,25+/m0/s1. The number of likely N-dealkylation sites (N-methyl/N-ethyl adjacent to an activating group) is 1. The van der Waals surface area contributed by atoms with Gasteiger partial charge in [0.15, 0.2) is 0 Å². The van der Waals surface area contributed by atoms with Crippen molar-refractivity contribution in [1.29, 1.82) is 0 Å². The number of ether oxygens (including phenoxy) is 1. The van der Waals surface area contributed by atoms with Crippen molar-refractivity contribution in [3.05, 3.63) is 78.2 Å². The summed E-state index contributed by atoms with van der Waals surface area (Å²) in [7, 11) is 1.59. The van der Waals surface area contributed by atoms with Gasteiger partial charge < -0.3 is 25.0 Å². The predicted molar refractivity (Wildman–Crippen MR) is 139 cm³/mol. The summed E-state index contributed by atoms with van der Waals surface area (Å²) in [6.45, 7) is 3.98. The number of carbonyl (C=O) groups excluding carboxylic acids is 2. The lowest BCUT2D eigenvalue weighted by Gasteiger charge is -2.37. The Morgan fingerprint density at radius 1 is 1.22 bits per heavy atom. The molecule has 3 atom stereocenters. The lowest BCUT2D eigenvalue weighted by atomic mass is 9.99. The van der Waals surface area contributed by atoms with Gasteiger partial charge in [-0.1, -0.05) is 49.4 Å². The van der Waals surface area contributed by atoms with E-state index >= 15 is 0 Å². The highest BCUT2D eigenvalue weighted by Gasteiger charge is 2.34. The zero-order chi connectivity index (χ0) is 26.5. The molecule has 194 valence electrons. The van der Waals surface area contributed by atoms with E-state index < -0.39 is 24.0 Å². The van der Waals surface area contributed by atoms with Crippen LogP contribution in [-0.4, -0.2) is 70.7 Å². The van der Waals surface area contributed by atoms with Crippen molar-refractivity contribution in [1.82, 2.24) is 14.8 Å². The number of carbonyl (C=O) groups is 2. The number of hydrogen-bond acceptors (Lipinski definition) is 5. The number of para-hydroxylation sites is 1. The second kappa shape index (κ2) is 11.4. The molecule has 8 nitrogen and oxygen atoms in total. The molecular formula is C28H31FN4O4. The number of amides is 3. The van der Waals surface area contributed by atoms with E-state index in [4.69, 9.17) is 4.74 Å². The third-order valence-electron chi connectivity index (χ3n) is 6.54. The Labute approximate surface area is 215 Å². The van der Waals surface area contributed by atoms with Crippen LogP contribution in [0.4, 0.5) is 14.9 Å². The van der Waals surface area contributed by atoms with Crippen LogP contribution in [0.2, 0.25) is 0 Å². The van der Waals surface area contributed by atoms with Crippen LogP contribution in [0, 0.1) is 11.7 Å². The van der Waals surface area contributed by atoms with Crippen molar-refractivity contribution in [2.24, 2.45) is 5.92 Å². The first-order chi connectivity index (χ1) is 17.8. The van der Waals surface area contributed by atoms with Gasteiger partial charge in [0.1, 0.15) is 17.5 Å². The number of fused-ring (bicyclic) bond motifs is 1. The Kier molecular flexibility index (Phi) is 8.03. The molecule has 4 rings (SSSR count). The fraction of sp³-hybridized carbons (Fsp3) is 0.321. The first-order valence-electron chi connectivity index (χ1n) is 12.2. The Morgan fingerprint density at radius 3 is 2.62 bits per heavy atom. The molecule has 0 fully saturated rings. The van der Waals surface area contributed by atoms with Gasteiger partial charge in [-0.05, 0) is 30.7 Å². The van der Waals surface area contributed by atoms with Gasteiger partial charge in [-0.3, -0.25) is 4.79 Å². The molecule has 1 aromatic heterocycles. The van der Waals surface area contributed by atoms with Crippen molar-refractivity contribution >= 4 is 17.6 Å². The average molecular weight is 507 g/mol. The van der Waals surface area contributed by atoms with Crippen molar-refractivity contribution < 1.29 is 23.8 Å². The van der Waals surface area contributed by atoms with Crippen LogP contribution in [0.5, 0.6) is 5.88 Å². The molecule has 0 saturated heterocycles. The molecule has 0 radical (unpaired) electrons. The molecule has 3 amide bonds. The van der Waals surface area contributed by atoms with E-state index in [2.05, 4.69) is 10.3 Å². The van der Waals surface area contributed by atoms with Crippen LogP contribution in [-0.2, 0) is 0 Å². The third kappa shape index (κ3) is 5.89. The van der Waals surface area contributed by atoms with E-state index in [1.165, 1.54) is 17.0 Å². The number of nitrogens with zero attached hydrogens (tertiary/aromatic N) is 3. The first kappa shape index (κ1) is 26.1. The summed E-state index contributed by atoms with van der Waals surface area (Å²) in [5, 5.41) is 12.4. The van der Waals surface area contributed by atoms with Crippen molar-refractivity contribution in [2.45, 2.75) is 26.0 Å². The topological polar surface area (TPSA) is 95.0 Å². The van der Waals surface area contributed by atoms with E-state index in [0.29, 0.717) is 6.54 Å². The highest BCUT2D eigenvalue weighted by atomic mass is 19.1. The number of nitrogens with one attached hydrogen (secondary N) is 1. The second-order valence-corrected chi connectivity index (χ2v) is 9.36. The van der Waals surface area contributed by atoms with E-state index in [0.717, 1.165) is 11.1 Å². The van der Waals surface area contributed by atoms with E-state index in [9.17, 15) is 19.1 Å². The monoisotopic (exact) mass is 506 g/mol. The Balaban J connectivity index is 1.62. The zero-order valence-electron chi connectivity index (χ0n) is 21.1. The maximum absolute atomic E-state index is 14.0. The number of urea groups is 1. The van der Waals surface area contributed by atoms with Gasteiger partial charge in [-0.15, -0.1) is 0 Å². The minimum absolute atomic E-state index is 0.0833. The highest BCUT2D eigenvalue weighted by Crippen LogP contribution is 2.30. The zero-order valence-corrected chi connectivity index (χ0v) is 21.1. The molecular weight excluding hydrogens is 475 g/mol. The summed E-state index contributed by atoms with van der Waals surface area (Å²) in [5.41, 5.74) is 2.04. The SMILES string of the molecule is C[C@H]1CN([C@@H](C)CO)C(=O)c2cc(-c3ccccc3)cnc2O[C@@H]1CN(C)C(=O)Nc1ccccc1F. The molecule has 0 spiro atoms. The van der Waals surface area contributed by atoms with Gasteiger partial charge in [-0.2, -0.15) is 0 Å². The number of halogens is 1. The number of pyridine rings is 1. The molecule has 0 unspecified atom stereocenters. The molecule has 3 aromatic rings. The first-order valence-corrected chi connectivity index (χ1v) is 12.2. The van der Waals surface area contributed by atoms with Gasteiger partial charge in [0.25, 0.3) is 5.91 Å². The number of anilines is 1. The molecule has 2 heterocycles. The van der Waals surface area contributed by atoms with Gasteiger partial charge >= 0.3 is 6.03 Å². The number of benzene rings is 2. The minimum atomic E-state index is -0.528. The molecule has 1 aliphatic heterocycles. The van der Waals surface area contributed by atoms with Gasteiger partial charge in [0, 0.05) is 31.3 Å². The number of hydrogen-bond donors (Lipinski definition) is 2. The lowest BCUT2D eigenvalue weighted by Crippen LogP contribution is -2.50. The summed E-state index contributed by atoms with van der Waals surface area (Å²) in [4.78, 5) is 33.9. The molecule has 2 aromatic carbocycles. The molecule has 2 N–H and O–H groups in total. The van der Waals surface area contributed by atoms with Crippen LogP contribution in [0.25, 0.3) is 11.1 Å². The summed E-state index contributed by atoms with van der Waals surface area (Å²) in [6, 6.07) is 16.4. The van der Waals surface area contributed by atoms with Crippen LogP contribution in [0.1, 0.15) is 24.2 Å². The number of aliphatic hydroxyl groups excluding tert-OH is 1. The van der Waals surface area contributed by atoms with Crippen LogP contribution < -0.4 is 10.1 Å². The predicted octanol–water partition coefficient (Wildman–Crippen LogP) is 4.27. The van der Waals surface area contributed by atoms with Gasteiger partial charge in [0.05, 0.1) is 24.9 Å². The van der Waals surface area contributed by atoms with Crippen molar-refractivity contribution in [3.63, 3.8) is 0 Å². The highest BCUT2D eigenvalue weighted by molar-refractivity contribution is 5.98. The van der Waals surface area contributed by atoms with Crippen LogP contribution in [0.3, 0.4) is 0 Å². The molecule has 9 heteroatoms. The lowest BCUT2D eigenvalue weighted by molar-refractivity contribution is 0.0356. The fourth-order valence-electron chi connectivity index (χ4n) is 4.23. The van der Waals surface area contributed by atoms with E-state index in [1.807, 2.05) is 37.3 Å². The Morgan fingerprint density at radius 2 is 1.92 bits per heavy atom. The third-order valence-corrected chi connectivity index (χ3v) is 6.54. The smallest absolute Gasteiger partial charge is 0.321 e. The number of aromatic nitrogens is 1. The largest absolute Gasteiger partial charge is 0.472 e. The molecule has 0 bridgehead atoms. The summed E-state index contributed by atoms with van der Waals surface area (Å²) in [6.07, 6.45) is 1.13.